The zero-order chi connectivity index (χ0) is 17.2. The molecule has 0 spiro atoms. The average molecular weight is 485 g/mol. The van der Waals surface area contributed by atoms with Crippen LogP contribution in [0.5, 0.6) is 0 Å². The van der Waals surface area contributed by atoms with E-state index in [1.54, 1.807) is 23.8 Å². The smallest absolute Gasteiger partial charge is 0.191 e. The molecule has 3 rings (SSSR count). The number of furan rings is 1. The minimum absolute atomic E-state index is 0. The van der Waals surface area contributed by atoms with E-state index >= 15 is 0 Å². The van der Waals surface area contributed by atoms with Crippen molar-refractivity contribution in [3.8, 4) is 0 Å². The second-order valence-corrected chi connectivity index (χ2v) is 6.58. The van der Waals surface area contributed by atoms with Gasteiger partial charge in [0.1, 0.15) is 5.76 Å². The number of aliphatic imine (C=N–C) groups is 1. The highest BCUT2D eigenvalue weighted by Gasteiger charge is 2.01. The van der Waals surface area contributed by atoms with Crippen molar-refractivity contribution < 1.29 is 4.42 Å². The summed E-state index contributed by atoms with van der Waals surface area (Å²) >= 11 is 1.72. The molecule has 3 aromatic heterocycles. The van der Waals surface area contributed by atoms with Crippen molar-refractivity contribution >= 4 is 41.3 Å². The van der Waals surface area contributed by atoms with Gasteiger partial charge in [0, 0.05) is 43.3 Å². The molecule has 0 atom stereocenters. The van der Waals surface area contributed by atoms with E-state index in [1.807, 2.05) is 29.1 Å². The van der Waals surface area contributed by atoms with Crippen molar-refractivity contribution in [1.29, 1.82) is 0 Å². The molecule has 0 aromatic carbocycles. The first-order valence-electron chi connectivity index (χ1n) is 8.44. The van der Waals surface area contributed by atoms with Crippen molar-refractivity contribution in [2.75, 3.05) is 13.1 Å². The third-order valence-electron chi connectivity index (χ3n) is 3.63. The first-order chi connectivity index (χ1) is 12.4. The van der Waals surface area contributed by atoms with E-state index in [0.29, 0.717) is 6.54 Å². The van der Waals surface area contributed by atoms with Crippen LogP contribution in [0, 0.1) is 0 Å². The first kappa shape index (κ1) is 20.5. The normalized spacial score (nSPS) is 11.2. The predicted octanol–water partition coefficient (Wildman–Crippen LogP) is 3.52. The molecule has 0 saturated carbocycles. The van der Waals surface area contributed by atoms with E-state index in [1.165, 1.54) is 4.88 Å². The summed E-state index contributed by atoms with van der Waals surface area (Å²) in [6, 6.07) is 10.00. The molecule has 6 nitrogen and oxygen atoms in total. The number of hydrogen-bond donors (Lipinski definition) is 2. The van der Waals surface area contributed by atoms with E-state index in [-0.39, 0.29) is 24.0 Å². The number of nitrogens with zero attached hydrogens (tertiary/aromatic N) is 3. The minimum atomic E-state index is 0. The number of nitrogens with one attached hydrogen (secondary N) is 2. The van der Waals surface area contributed by atoms with Gasteiger partial charge in [-0.05, 0) is 36.1 Å². The quantitative estimate of drug-likeness (QED) is 0.211. The van der Waals surface area contributed by atoms with Gasteiger partial charge in [-0.3, -0.25) is 4.68 Å². The van der Waals surface area contributed by atoms with Gasteiger partial charge < -0.3 is 15.1 Å². The molecule has 3 aromatic rings. The van der Waals surface area contributed by atoms with Crippen LogP contribution in [0.15, 0.2) is 63.8 Å². The third kappa shape index (κ3) is 7.20. The Labute approximate surface area is 174 Å². The molecule has 2 N–H and O–H groups in total. The van der Waals surface area contributed by atoms with Crippen LogP contribution in [0.1, 0.15) is 17.1 Å². The number of thiophene rings is 1. The monoisotopic (exact) mass is 485 g/mol. The molecule has 3 heterocycles. The standard InChI is InChI=1S/C18H23N5OS.HI/c1-5-16(24-13-1)7-10-20-18(21-15-17-6-2-14-25-17)19-8-3-11-23-12-4-9-22-23;/h1-2,4-6,9,12-14H,3,7-8,10-11,15H2,(H2,19,20,21);1H. The largest absolute Gasteiger partial charge is 0.469 e. The number of aromatic nitrogens is 2. The summed E-state index contributed by atoms with van der Waals surface area (Å²) in [5, 5.41) is 13.1. The van der Waals surface area contributed by atoms with Gasteiger partial charge in [0.05, 0.1) is 12.8 Å². The Hall–Kier alpha value is -1.81. The van der Waals surface area contributed by atoms with Crippen LogP contribution in [0.3, 0.4) is 0 Å². The number of halogens is 1. The van der Waals surface area contributed by atoms with Crippen LogP contribution >= 0.6 is 35.3 Å². The summed E-state index contributed by atoms with van der Waals surface area (Å²) in [6.07, 6.45) is 7.30. The van der Waals surface area contributed by atoms with Crippen molar-refractivity contribution in [1.82, 2.24) is 20.4 Å². The highest BCUT2D eigenvalue weighted by Crippen LogP contribution is 2.09. The highest BCUT2D eigenvalue weighted by atomic mass is 127. The summed E-state index contributed by atoms with van der Waals surface area (Å²) in [5.74, 6) is 1.81. The maximum atomic E-state index is 5.37. The van der Waals surface area contributed by atoms with Gasteiger partial charge >= 0.3 is 0 Å². The van der Waals surface area contributed by atoms with Crippen LogP contribution in [0.2, 0.25) is 0 Å². The lowest BCUT2D eigenvalue weighted by Gasteiger charge is -2.12. The highest BCUT2D eigenvalue weighted by molar-refractivity contribution is 14.0. The van der Waals surface area contributed by atoms with E-state index in [0.717, 1.165) is 44.2 Å². The molecule has 0 fully saturated rings. The molecule has 0 amide bonds. The van der Waals surface area contributed by atoms with Gasteiger partial charge in [0.15, 0.2) is 5.96 Å². The third-order valence-corrected chi connectivity index (χ3v) is 4.49. The molecular weight excluding hydrogens is 461 g/mol. The molecule has 0 saturated heterocycles. The van der Waals surface area contributed by atoms with Gasteiger partial charge in [-0.15, -0.1) is 35.3 Å². The van der Waals surface area contributed by atoms with Crippen molar-refractivity contribution in [3.05, 3.63) is 65.0 Å². The fourth-order valence-corrected chi connectivity index (χ4v) is 3.00. The second kappa shape index (κ2) is 11.7. The predicted molar refractivity (Wildman–Crippen MR) is 116 cm³/mol. The Morgan fingerprint density at radius 3 is 2.85 bits per heavy atom. The van der Waals surface area contributed by atoms with Crippen molar-refractivity contribution in [2.24, 2.45) is 4.99 Å². The average Bonchev–Trinajstić information content (AvgIpc) is 3.39. The van der Waals surface area contributed by atoms with Crippen LogP contribution in [-0.2, 0) is 19.5 Å². The van der Waals surface area contributed by atoms with E-state index < -0.39 is 0 Å². The van der Waals surface area contributed by atoms with Gasteiger partial charge in [-0.1, -0.05) is 6.07 Å². The zero-order valence-electron chi connectivity index (χ0n) is 14.5. The van der Waals surface area contributed by atoms with E-state index in [2.05, 4.69) is 38.2 Å². The number of guanidine groups is 1. The fourth-order valence-electron chi connectivity index (χ4n) is 2.37. The van der Waals surface area contributed by atoms with Crippen molar-refractivity contribution in [2.45, 2.75) is 25.9 Å². The van der Waals surface area contributed by atoms with Crippen LogP contribution < -0.4 is 10.6 Å². The second-order valence-electron chi connectivity index (χ2n) is 5.55. The summed E-state index contributed by atoms with van der Waals surface area (Å²) < 4.78 is 7.30. The lowest BCUT2D eigenvalue weighted by atomic mass is 10.3. The van der Waals surface area contributed by atoms with Crippen LogP contribution in [-0.4, -0.2) is 28.8 Å². The fraction of sp³-hybridized carbons (Fsp3) is 0.333. The summed E-state index contributed by atoms with van der Waals surface area (Å²) in [6.45, 7) is 3.21. The molecule has 0 unspecified atom stereocenters. The van der Waals surface area contributed by atoms with Crippen LogP contribution in [0.25, 0.3) is 0 Å². The van der Waals surface area contributed by atoms with Crippen molar-refractivity contribution in [3.63, 3.8) is 0 Å². The molecule has 140 valence electrons. The molecule has 0 aliphatic heterocycles. The van der Waals surface area contributed by atoms with Gasteiger partial charge in [0.25, 0.3) is 0 Å². The first-order valence-corrected chi connectivity index (χ1v) is 9.32. The number of hydrogen-bond acceptors (Lipinski definition) is 4. The molecule has 0 aliphatic rings. The Balaban J connectivity index is 0.00000243. The Morgan fingerprint density at radius 1 is 1.19 bits per heavy atom. The number of rotatable bonds is 9. The molecular formula is C18H24IN5OS. The lowest BCUT2D eigenvalue weighted by molar-refractivity contribution is 0.506. The minimum Gasteiger partial charge on any atom is -0.469 e. The Kier molecular flexibility index (Phi) is 9.26. The van der Waals surface area contributed by atoms with E-state index in [9.17, 15) is 0 Å². The topological polar surface area (TPSA) is 67.4 Å². The van der Waals surface area contributed by atoms with Crippen LogP contribution in [0.4, 0.5) is 0 Å². The molecule has 0 radical (unpaired) electrons. The molecule has 0 bridgehead atoms. The molecule has 26 heavy (non-hydrogen) atoms. The maximum absolute atomic E-state index is 5.37. The SMILES string of the molecule is I.c1coc(CCNC(=NCc2cccs2)NCCCn2cccn2)c1. The molecule has 0 aliphatic carbocycles. The number of aryl methyl sites for hydroxylation is 1. The van der Waals surface area contributed by atoms with Gasteiger partial charge in [-0.2, -0.15) is 5.10 Å². The molecule has 8 heteroatoms. The Morgan fingerprint density at radius 2 is 2.12 bits per heavy atom. The van der Waals surface area contributed by atoms with E-state index in [4.69, 9.17) is 4.42 Å². The van der Waals surface area contributed by atoms with Gasteiger partial charge in [0.2, 0.25) is 0 Å². The Bertz CT molecular complexity index is 726. The van der Waals surface area contributed by atoms with Gasteiger partial charge in [-0.25, -0.2) is 4.99 Å². The summed E-state index contributed by atoms with van der Waals surface area (Å²) in [5.41, 5.74) is 0. The summed E-state index contributed by atoms with van der Waals surface area (Å²) in [4.78, 5) is 5.92. The summed E-state index contributed by atoms with van der Waals surface area (Å²) in [7, 11) is 0. The maximum Gasteiger partial charge on any atom is 0.191 e. The lowest BCUT2D eigenvalue weighted by Crippen LogP contribution is -2.39. The zero-order valence-corrected chi connectivity index (χ0v) is 17.7.